The summed E-state index contributed by atoms with van der Waals surface area (Å²) in [5.41, 5.74) is 5.04. The van der Waals surface area contributed by atoms with Crippen molar-refractivity contribution in [3.63, 3.8) is 0 Å². The second kappa shape index (κ2) is 7.46. The maximum atomic E-state index is 6.15. The average molecular weight is 436 g/mol. The van der Waals surface area contributed by atoms with Crippen molar-refractivity contribution in [3.8, 4) is 5.69 Å². The number of aromatic nitrogens is 6. The van der Waals surface area contributed by atoms with Gasteiger partial charge in [-0.3, -0.25) is 9.56 Å². The Morgan fingerprint density at radius 2 is 1.90 bits per heavy atom. The Hall–Kier alpha value is -3.26. The highest BCUT2D eigenvalue weighted by Crippen LogP contribution is 2.34. The van der Waals surface area contributed by atoms with E-state index in [0.29, 0.717) is 29.6 Å². The van der Waals surface area contributed by atoms with Crippen LogP contribution in [-0.4, -0.2) is 35.2 Å². The SMILES string of the molecule is CCc1noc(C[C@@H]2N=C(c3ccc(Cl)cc3)c3c(cn(C)c3C)-n3c(C)nnc32)n1. The number of nitrogens with zero attached hydrogens (tertiary/aromatic N) is 7. The Balaban J connectivity index is 1.73. The smallest absolute Gasteiger partial charge is 0.229 e. The standard InChI is InChI=1S/C22H22ClN7O/c1-5-18-25-19(31-28-18)10-16-22-27-26-13(3)30(22)17-11-29(4)12(2)20(17)21(24-16)14-6-8-15(23)9-7-14/h6-9,11,16H,5,10H2,1-4H3/t16-/m0/s1. The quantitative estimate of drug-likeness (QED) is 0.484. The number of halogens is 1. The molecule has 0 bridgehead atoms. The molecular formula is C22H22ClN7O. The first-order valence-electron chi connectivity index (χ1n) is 10.2. The minimum atomic E-state index is -0.325. The van der Waals surface area contributed by atoms with E-state index in [1.807, 2.05) is 45.2 Å². The van der Waals surface area contributed by atoms with E-state index in [9.17, 15) is 0 Å². The maximum Gasteiger partial charge on any atom is 0.229 e. The van der Waals surface area contributed by atoms with Crippen LogP contribution in [0.5, 0.6) is 0 Å². The third-order valence-electron chi connectivity index (χ3n) is 5.69. The summed E-state index contributed by atoms with van der Waals surface area (Å²) in [5.74, 6) is 2.78. The summed E-state index contributed by atoms with van der Waals surface area (Å²) >= 11 is 6.15. The molecule has 9 heteroatoms. The number of aryl methyl sites for hydroxylation is 3. The molecule has 0 amide bonds. The fourth-order valence-electron chi connectivity index (χ4n) is 3.98. The average Bonchev–Trinajstić information content (AvgIpc) is 3.42. The summed E-state index contributed by atoms with van der Waals surface area (Å²) in [6.45, 7) is 6.04. The lowest BCUT2D eigenvalue weighted by molar-refractivity contribution is 0.363. The van der Waals surface area contributed by atoms with Crippen molar-refractivity contribution in [2.24, 2.45) is 12.0 Å². The molecule has 1 aliphatic heterocycles. The van der Waals surface area contributed by atoms with E-state index in [2.05, 4.69) is 42.6 Å². The number of rotatable bonds is 4. The topological polar surface area (TPSA) is 86.9 Å². The number of aliphatic imine (C=N–C) groups is 1. The zero-order chi connectivity index (χ0) is 21.7. The molecule has 0 aliphatic carbocycles. The molecule has 31 heavy (non-hydrogen) atoms. The molecular weight excluding hydrogens is 414 g/mol. The van der Waals surface area contributed by atoms with Crippen molar-refractivity contribution in [2.45, 2.75) is 39.7 Å². The van der Waals surface area contributed by atoms with Crippen LogP contribution < -0.4 is 0 Å². The molecule has 0 saturated carbocycles. The lowest BCUT2D eigenvalue weighted by Gasteiger charge is -2.11. The molecule has 158 valence electrons. The van der Waals surface area contributed by atoms with Gasteiger partial charge in [-0.25, -0.2) is 0 Å². The first-order valence-corrected chi connectivity index (χ1v) is 10.6. The normalized spacial score (nSPS) is 15.4. The number of hydrogen-bond acceptors (Lipinski definition) is 6. The number of hydrogen-bond donors (Lipinski definition) is 0. The Morgan fingerprint density at radius 1 is 1.13 bits per heavy atom. The first-order chi connectivity index (χ1) is 15.0. The van der Waals surface area contributed by atoms with Gasteiger partial charge in [0.1, 0.15) is 11.9 Å². The van der Waals surface area contributed by atoms with Crippen LogP contribution in [0.4, 0.5) is 0 Å². The van der Waals surface area contributed by atoms with Gasteiger partial charge in [0.05, 0.1) is 17.8 Å². The van der Waals surface area contributed by atoms with E-state index < -0.39 is 0 Å². The van der Waals surface area contributed by atoms with Crippen molar-refractivity contribution in [1.82, 2.24) is 29.5 Å². The van der Waals surface area contributed by atoms with Crippen molar-refractivity contribution < 1.29 is 4.52 Å². The predicted octanol–water partition coefficient (Wildman–Crippen LogP) is 3.96. The summed E-state index contributed by atoms with van der Waals surface area (Å²) < 4.78 is 9.65. The zero-order valence-electron chi connectivity index (χ0n) is 17.8. The molecule has 1 atom stereocenters. The van der Waals surface area contributed by atoms with Crippen LogP contribution in [-0.2, 0) is 19.9 Å². The molecule has 1 aromatic carbocycles. The summed E-state index contributed by atoms with van der Waals surface area (Å²) in [4.78, 5) is 9.67. The second-order valence-electron chi connectivity index (χ2n) is 7.69. The summed E-state index contributed by atoms with van der Waals surface area (Å²) in [6.07, 6.45) is 3.26. The first kappa shape index (κ1) is 19.7. The maximum absolute atomic E-state index is 6.15. The molecule has 3 aromatic heterocycles. The van der Waals surface area contributed by atoms with Crippen LogP contribution in [0, 0.1) is 13.8 Å². The van der Waals surface area contributed by atoms with Gasteiger partial charge in [0.2, 0.25) is 5.89 Å². The largest absolute Gasteiger partial charge is 0.352 e. The number of benzene rings is 1. The highest BCUT2D eigenvalue weighted by Gasteiger charge is 2.31. The van der Waals surface area contributed by atoms with Gasteiger partial charge in [-0.1, -0.05) is 35.8 Å². The Bertz CT molecular complexity index is 1300. The third-order valence-corrected chi connectivity index (χ3v) is 5.94. The Kier molecular flexibility index (Phi) is 4.74. The predicted molar refractivity (Wildman–Crippen MR) is 117 cm³/mol. The van der Waals surface area contributed by atoms with Crippen LogP contribution in [0.2, 0.25) is 5.02 Å². The van der Waals surface area contributed by atoms with Gasteiger partial charge in [-0.05, 0) is 26.0 Å². The van der Waals surface area contributed by atoms with Crippen LogP contribution in [0.3, 0.4) is 0 Å². The summed E-state index contributed by atoms with van der Waals surface area (Å²) in [5, 5.41) is 13.6. The monoisotopic (exact) mass is 435 g/mol. The molecule has 8 nitrogen and oxygen atoms in total. The molecule has 0 N–H and O–H groups in total. The summed E-state index contributed by atoms with van der Waals surface area (Å²) in [7, 11) is 2.03. The van der Waals surface area contributed by atoms with E-state index in [0.717, 1.165) is 39.9 Å². The molecule has 4 aromatic rings. The van der Waals surface area contributed by atoms with Crippen molar-refractivity contribution in [3.05, 3.63) is 75.7 Å². The molecule has 4 heterocycles. The highest BCUT2D eigenvalue weighted by atomic mass is 35.5. The molecule has 0 saturated heterocycles. The van der Waals surface area contributed by atoms with E-state index in [-0.39, 0.29) is 6.04 Å². The van der Waals surface area contributed by atoms with Gasteiger partial charge in [-0.2, -0.15) is 4.98 Å². The molecule has 0 spiro atoms. The van der Waals surface area contributed by atoms with Crippen molar-refractivity contribution >= 4 is 17.3 Å². The third kappa shape index (κ3) is 3.27. The van der Waals surface area contributed by atoms with Gasteiger partial charge >= 0.3 is 0 Å². The van der Waals surface area contributed by atoms with Crippen LogP contribution >= 0.6 is 11.6 Å². The van der Waals surface area contributed by atoms with Gasteiger partial charge in [-0.15, -0.1) is 10.2 Å². The van der Waals surface area contributed by atoms with Crippen LogP contribution in [0.15, 0.2) is 40.0 Å². The fraction of sp³-hybridized carbons (Fsp3) is 0.318. The lowest BCUT2D eigenvalue weighted by Crippen LogP contribution is -2.10. The van der Waals surface area contributed by atoms with Gasteiger partial charge in [0.25, 0.3) is 0 Å². The minimum absolute atomic E-state index is 0.325. The Morgan fingerprint density at radius 3 is 2.61 bits per heavy atom. The van der Waals surface area contributed by atoms with Crippen LogP contribution in [0.25, 0.3) is 5.69 Å². The van der Waals surface area contributed by atoms with E-state index in [4.69, 9.17) is 21.1 Å². The molecule has 0 unspecified atom stereocenters. The number of fused-ring (bicyclic) bond motifs is 3. The Labute approximate surface area is 184 Å². The second-order valence-corrected chi connectivity index (χ2v) is 8.13. The van der Waals surface area contributed by atoms with Gasteiger partial charge in [0, 0.05) is 41.5 Å². The summed E-state index contributed by atoms with van der Waals surface area (Å²) in [6, 6.07) is 7.43. The van der Waals surface area contributed by atoms with Gasteiger partial charge in [0.15, 0.2) is 11.6 Å². The van der Waals surface area contributed by atoms with E-state index in [1.165, 1.54) is 0 Å². The van der Waals surface area contributed by atoms with E-state index in [1.54, 1.807) is 0 Å². The fourth-order valence-corrected chi connectivity index (χ4v) is 4.11. The lowest BCUT2D eigenvalue weighted by atomic mass is 10.0. The molecule has 0 radical (unpaired) electrons. The van der Waals surface area contributed by atoms with Crippen molar-refractivity contribution in [1.29, 1.82) is 0 Å². The highest BCUT2D eigenvalue weighted by molar-refractivity contribution is 6.30. The van der Waals surface area contributed by atoms with Gasteiger partial charge < -0.3 is 9.09 Å². The van der Waals surface area contributed by atoms with Crippen molar-refractivity contribution in [2.75, 3.05) is 0 Å². The zero-order valence-corrected chi connectivity index (χ0v) is 18.6. The minimum Gasteiger partial charge on any atom is -0.352 e. The molecule has 5 rings (SSSR count). The molecule has 1 aliphatic rings. The van der Waals surface area contributed by atoms with E-state index >= 15 is 0 Å². The molecule has 0 fully saturated rings. The van der Waals surface area contributed by atoms with Crippen LogP contribution in [0.1, 0.15) is 53.2 Å².